The molecule has 0 aromatic heterocycles. The van der Waals surface area contributed by atoms with E-state index in [0.29, 0.717) is 6.54 Å². The summed E-state index contributed by atoms with van der Waals surface area (Å²) in [5.41, 5.74) is 1.30. The van der Waals surface area contributed by atoms with Gasteiger partial charge in [0.05, 0.1) is 6.54 Å². The van der Waals surface area contributed by atoms with Crippen LogP contribution in [0, 0.1) is 0 Å². The number of esters is 1. The Labute approximate surface area is 105 Å². The Kier molecular flexibility index (Phi) is 6.27. The van der Waals surface area contributed by atoms with E-state index in [9.17, 15) is 4.79 Å². The number of ether oxygens (including phenoxy) is 1. The van der Waals surface area contributed by atoms with Crippen molar-refractivity contribution < 1.29 is 9.53 Å². The highest BCUT2D eigenvalue weighted by atomic mass is 16.5. The second-order valence-corrected chi connectivity index (χ2v) is 4.62. The summed E-state index contributed by atoms with van der Waals surface area (Å²) in [5.74, 6) is -0.104. The van der Waals surface area contributed by atoms with Gasteiger partial charge in [0, 0.05) is 0 Å². The smallest absolute Gasteiger partial charge is 0.320 e. The largest absolute Gasteiger partial charge is 0.457 e. The summed E-state index contributed by atoms with van der Waals surface area (Å²) in [6.45, 7) is 8.29. The van der Waals surface area contributed by atoms with Crippen molar-refractivity contribution in [3.05, 3.63) is 11.6 Å². The van der Waals surface area contributed by atoms with Gasteiger partial charge < -0.3 is 4.74 Å². The van der Waals surface area contributed by atoms with E-state index < -0.39 is 0 Å². The van der Waals surface area contributed by atoms with E-state index in [4.69, 9.17) is 4.74 Å². The highest BCUT2D eigenvalue weighted by Crippen LogP contribution is 2.21. The highest BCUT2D eigenvalue weighted by molar-refractivity contribution is 5.72. The van der Waals surface area contributed by atoms with E-state index in [1.165, 1.54) is 18.4 Å². The fourth-order valence-electron chi connectivity index (χ4n) is 2.17. The van der Waals surface area contributed by atoms with Crippen molar-refractivity contribution in [2.45, 2.75) is 52.6 Å². The summed E-state index contributed by atoms with van der Waals surface area (Å²) in [6.07, 6.45) is 6.90. The van der Waals surface area contributed by atoms with Crippen LogP contribution >= 0.6 is 0 Å². The summed E-state index contributed by atoms with van der Waals surface area (Å²) in [4.78, 5) is 13.8. The van der Waals surface area contributed by atoms with Gasteiger partial charge in [-0.1, -0.05) is 19.9 Å². The van der Waals surface area contributed by atoms with Crippen LogP contribution in [-0.4, -0.2) is 36.6 Å². The van der Waals surface area contributed by atoms with Gasteiger partial charge in [0.15, 0.2) is 0 Å². The van der Waals surface area contributed by atoms with Gasteiger partial charge in [0.2, 0.25) is 0 Å². The van der Waals surface area contributed by atoms with E-state index in [-0.39, 0.29) is 12.1 Å². The molecule has 0 saturated heterocycles. The molecule has 17 heavy (non-hydrogen) atoms. The lowest BCUT2D eigenvalue weighted by Gasteiger charge is -2.22. The summed E-state index contributed by atoms with van der Waals surface area (Å²) in [6, 6.07) is 0. The Morgan fingerprint density at radius 3 is 2.65 bits per heavy atom. The SMILES string of the molecule is CCN(CC)CC(=O)OC(C)C1=CCCCC1. The molecule has 0 N–H and O–H groups in total. The molecule has 0 radical (unpaired) electrons. The summed E-state index contributed by atoms with van der Waals surface area (Å²) in [7, 11) is 0. The number of nitrogens with zero attached hydrogens (tertiary/aromatic N) is 1. The van der Waals surface area contributed by atoms with Crippen LogP contribution in [0.1, 0.15) is 46.5 Å². The second-order valence-electron chi connectivity index (χ2n) is 4.62. The van der Waals surface area contributed by atoms with Gasteiger partial charge in [0.1, 0.15) is 6.10 Å². The lowest BCUT2D eigenvalue weighted by Crippen LogP contribution is -2.32. The van der Waals surface area contributed by atoms with Crippen molar-refractivity contribution in [2.75, 3.05) is 19.6 Å². The van der Waals surface area contributed by atoms with Crippen LogP contribution in [0.25, 0.3) is 0 Å². The van der Waals surface area contributed by atoms with E-state index in [1.54, 1.807) is 0 Å². The maximum Gasteiger partial charge on any atom is 0.320 e. The van der Waals surface area contributed by atoms with Gasteiger partial charge in [-0.3, -0.25) is 9.69 Å². The molecule has 3 nitrogen and oxygen atoms in total. The zero-order valence-corrected chi connectivity index (χ0v) is 11.4. The molecule has 1 aliphatic rings. The molecule has 0 aromatic rings. The third-order valence-corrected chi connectivity index (χ3v) is 3.40. The molecule has 3 heteroatoms. The predicted molar refractivity (Wildman–Crippen MR) is 69.9 cm³/mol. The fraction of sp³-hybridized carbons (Fsp3) is 0.786. The van der Waals surface area contributed by atoms with Crippen LogP contribution in [0.2, 0.25) is 0 Å². The summed E-state index contributed by atoms with van der Waals surface area (Å²) >= 11 is 0. The zero-order valence-electron chi connectivity index (χ0n) is 11.4. The minimum Gasteiger partial charge on any atom is -0.457 e. The maximum atomic E-state index is 11.7. The molecule has 1 rings (SSSR count). The van der Waals surface area contributed by atoms with Gasteiger partial charge in [-0.15, -0.1) is 0 Å². The monoisotopic (exact) mass is 239 g/mol. The minimum absolute atomic E-state index is 0.0432. The topological polar surface area (TPSA) is 29.5 Å². The third kappa shape index (κ3) is 4.90. The number of carbonyl (C=O) groups excluding carboxylic acids is 1. The molecule has 1 atom stereocenters. The number of allylic oxidation sites excluding steroid dienone is 1. The number of likely N-dealkylation sites (N-methyl/N-ethyl adjacent to an activating group) is 1. The Morgan fingerprint density at radius 2 is 2.12 bits per heavy atom. The third-order valence-electron chi connectivity index (χ3n) is 3.40. The molecule has 0 spiro atoms. The second kappa shape index (κ2) is 7.49. The predicted octanol–water partition coefficient (Wildman–Crippen LogP) is 2.76. The Hall–Kier alpha value is -0.830. The molecule has 0 amide bonds. The van der Waals surface area contributed by atoms with Gasteiger partial charge in [0.25, 0.3) is 0 Å². The molecular weight excluding hydrogens is 214 g/mol. The van der Waals surface area contributed by atoms with E-state index in [0.717, 1.165) is 25.9 Å². The summed E-state index contributed by atoms with van der Waals surface area (Å²) in [5, 5.41) is 0. The quantitative estimate of drug-likeness (QED) is 0.527. The van der Waals surface area contributed by atoms with Crippen LogP contribution in [-0.2, 0) is 9.53 Å². The van der Waals surface area contributed by atoms with Crippen molar-refractivity contribution >= 4 is 5.97 Å². The average Bonchev–Trinajstić information content (AvgIpc) is 2.37. The van der Waals surface area contributed by atoms with Crippen LogP contribution in [0.4, 0.5) is 0 Å². The maximum absolute atomic E-state index is 11.7. The molecule has 0 bridgehead atoms. The van der Waals surface area contributed by atoms with E-state index in [1.807, 2.05) is 6.92 Å². The van der Waals surface area contributed by atoms with Crippen molar-refractivity contribution in [1.82, 2.24) is 4.90 Å². The normalized spacial score (nSPS) is 17.8. The Bertz CT molecular complexity index is 269. The molecule has 0 aliphatic heterocycles. The van der Waals surface area contributed by atoms with E-state index in [2.05, 4.69) is 24.8 Å². The average molecular weight is 239 g/mol. The van der Waals surface area contributed by atoms with Gasteiger partial charge in [-0.25, -0.2) is 0 Å². The van der Waals surface area contributed by atoms with Crippen LogP contribution in [0.15, 0.2) is 11.6 Å². The molecule has 0 fully saturated rings. The van der Waals surface area contributed by atoms with Crippen molar-refractivity contribution in [2.24, 2.45) is 0 Å². The van der Waals surface area contributed by atoms with Crippen molar-refractivity contribution in [1.29, 1.82) is 0 Å². The van der Waals surface area contributed by atoms with Gasteiger partial charge in [-0.2, -0.15) is 0 Å². The molecule has 0 aromatic carbocycles. The summed E-state index contributed by atoms with van der Waals surface area (Å²) < 4.78 is 5.48. The Balaban J connectivity index is 2.37. The van der Waals surface area contributed by atoms with Crippen molar-refractivity contribution in [3.8, 4) is 0 Å². The van der Waals surface area contributed by atoms with Crippen molar-refractivity contribution in [3.63, 3.8) is 0 Å². The highest BCUT2D eigenvalue weighted by Gasteiger charge is 2.17. The number of hydrogen-bond acceptors (Lipinski definition) is 3. The molecule has 98 valence electrons. The lowest BCUT2D eigenvalue weighted by molar-refractivity contribution is -0.148. The fourth-order valence-corrected chi connectivity index (χ4v) is 2.17. The first kappa shape index (κ1) is 14.2. The first-order chi connectivity index (χ1) is 8.17. The Morgan fingerprint density at radius 1 is 1.41 bits per heavy atom. The molecular formula is C14H25NO2. The molecule has 0 heterocycles. The lowest BCUT2D eigenvalue weighted by atomic mass is 9.96. The first-order valence-corrected chi connectivity index (χ1v) is 6.78. The molecule has 1 aliphatic carbocycles. The van der Waals surface area contributed by atoms with Crippen LogP contribution in [0.3, 0.4) is 0 Å². The van der Waals surface area contributed by atoms with Crippen LogP contribution < -0.4 is 0 Å². The van der Waals surface area contributed by atoms with E-state index >= 15 is 0 Å². The van der Waals surface area contributed by atoms with Gasteiger partial charge >= 0.3 is 5.97 Å². The molecule has 0 saturated carbocycles. The first-order valence-electron chi connectivity index (χ1n) is 6.78. The standard InChI is InChI=1S/C14H25NO2/c1-4-15(5-2)11-14(16)17-12(3)13-9-7-6-8-10-13/h9,12H,4-8,10-11H2,1-3H3. The minimum atomic E-state index is -0.104. The van der Waals surface area contributed by atoms with Gasteiger partial charge in [-0.05, 0) is 51.3 Å². The number of carbonyl (C=O) groups is 1. The molecule has 1 unspecified atom stereocenters. The van der Waals surface area contributed by atoms with Crippen LogP contribution in [0.5, 0.6) is 0 Å². The number of rotatable bonds is 6. The number of hydrogen-bond donors (Lipinski definition) is 0. The zero-order chi connectivity index (χ0) is 12.7.